The van der Waals surface area contributed by atoms with Gasteiger partial charge in [-0.25, -0.2) is 4.79 Å². The second-order valence-corrected chi connectivity index (χ2v) is 8.20. The van der Waals surface area contributed by atoms with E-state index in [1.807, 2.05) is 0 Å². The lowest BCUT2D eigenvalue weighted by molar-refractivity contribution is 0.00189. The number of carbonyl (C=O) groups is 1. The number of nitrogens with zero attached hydrogens (tertiary/aromatic N) is 4. The van der Waals surface area contributed by atoms with Crippen LogP contribution >= 0.6 is 11.3 Å². The maximum Gasteiger partial charge on any atom is 0.381 e. The highest BCUT2D eigenvalue weighted by Crippen LogP contribution is 2.58. The van der Waals surface area contributed by atoms with Gasteiger partial charge in [0.05, 0.1) is 19.0 Å². The van der Waals surface area contributed by atoms with E-state index in [0.717, 1.165) is 36.5 Å². The fraction of sp³-hybridized carbons (Fsp3) is 0.353. The summed E-state index contributed by atoms with van der Waals surface area (Å²) in [6, 6.07) is 3.09. The monoisotopic (exact) mass is 415 g/mol. The first-order chi connectivity index (χ1) is 14.0. The van der Waals surface area contributed by atoms with Gasteiger partial charge in [0, 0.05) is 17.7 Å². The molecule has 3 aliphatic rings. The average molecular weight is 415 g/mol. The van der Waals surface area contributed by atoms with Crippen LogP contribution in [0, 0.1) is 5.92 Å². The van der Waals surface area contributed by atoms with Crippen molar-refractivity contribution in [2.24, 2.45) is 5.92 Å². The second-order valence-electron chi connectivity index (χ2n) is 7.24. The van der Waals surface area contributed by atoms with Crippen molar-refractivity contribution in [3.8, 4) is 10.9 Å². The highest BCUT2D eigenvalue weighted by Gasteiger charge is 2.56. The molecule has 150 valence electrons. The first kappa shape index (κ1) is 17.7. The molecule has 3 fully saturated rings. The fourth-order valence-electron chi connectivity index (χ4n) is 3.78. The minimum Gasteiger partial charge on any atom is -0.488 e. The number of nitrogens with one attached hydrogen (secondary N) is 2. The molecular weight excluding hydrogens is 398 g/mol. The van der Waals surface area contributed by atoms with Gasteiger partial charge < -0.3 is 20.2 Å². The smallest absolute Gasteiger partial charge is 0.381 e. The van der Waals surface area contributed by atoms with Crippen LogP contribution in [0.3, 0.4) is 0 Å². The predicted octanol–water partition coefficient (Wildman–Crippen LogP) is 1.48. The van der Waals surface area contributed by atoms with Gasteiger partial charge in [-0.15, -0.1) is 10.2 Å². The molecule has 2 bridgehead atoms. The van der Waals surface area contributed by atoms with Crippen molar-refractivity contribution in [2.75, 3.05) is 23.5 Å². The van der Waals surface area contributed by atoms with E-state index >= 15 is 0 Å². The maximum atomic E-state index is 12.6. The molecule has 12 heteroatoms. The molecule has 29 heavy (non-hydrogen) atoms. The molecule has 4 N–H and O–H groups in total. The van der Waals surface area contributed by atoms with Crippen molar-refractivity contribution in [3.63, 3.8) is 0 Å². The van der Waals surface area contributed by atoms with Crippen LogP contribution in [-0.2, 0) is 0 Å². The summed E-state index contributed by atoms with van der Waals surface area (Å²) in [6.45, 7) is 0. The minimum absolute atomic E-state index is 0.00267. The molecule has 0 spiro atoms. The van der Waals surface area contributed by atoms with Gasteiger partial charge in [0.25, 0.3) is 5.91 Å². The SMILES string of the molecule is COc1c(NC23CC(C2)C3)cc(C(=O)Nc2nnc(-n3nccc3N)s2)oc1=O. The zero-order chi connectivity index (χ0) is 20.2. The van der Waals surface area contributed by atoms with Gasteiger partial charge in [0.15, 0.2) is 5.76 Å². The van der Waals surface area contributed by atoms with Gasteiger partial charge in [-0.1, -0.05) is 11.3 Å². The Morgan fingerprint density at radius 3 is 2.83 bits per heavy atom. The highest BCUT2D eigenvalue weighted by molar-refractivity contribution is 7.17. The standard InChI is InChI=1S/C17H17N7O4S/c1-27-12-9(21-17-5-8(6-17)7-17)4-10(28-14(12)26)13(25)20-15-22-23-16(29-15)24-11(18)2-3-19-24/h2-4,8,21H,5-7,18H2,1H3,(H,20,22,25). The van der Waals surface area contributed by atoms with Crippen LogP contribution in [0.5, 0.6) is 5.75 Å². The van der Waals surface area contributed by atoms with Gasteiger partial charge in [-0.3, -0.25) is 10.1 Å². The first-order valence-corrected chi connectivity index (χ1v) is 9.73. The summed E-state index contributed by atoms with van der Waals surface area (Å²) in [6.07, 6.45) is 4.70. The molecule has 0 atom stereocenters. The lowest BCUT2D eigenvalue weighted by Crippen LogP contribution is -2.63. The van der Waals surface area contributed by atoms with Crippen LogP contribution < -0.4 is 26.7 Å². The summed E-state index contributed by atoms with van der Waals surface area (Å²) in [5, 5.41) is 18.4. The normalized spacial score (nSPS) is 21.8. The van der Waals surface area contributed by atoms with Crippen LogP contribution in [0.1, 0.15) is 29.8 Å². The Morgan fingerprint density at radius 1 is 1.41 bits per heavy atom. The fourth-order valence-corrected chi connectivity index (χ4v) is 4.50. The molecule has 0 radical (unpaired) electrons. The van der Waals surface area contributed by atoms with E-state index in [2.05, 4.69) is 25.9 Å². The van der Waals surface area contributed by atoms with E-state index in [1.165, 1.54) is 24.1 Å². The molecule has 3 aromatic rings. The summed E-state index contributed by atoms with van der Waals surface area (Å²) in [5.41, 5.74) is 5.51. The van der Waals surface area contributed by atoms with Crippen molar-refractivity contribution in [1.82, 2.24) is 20.0 Å². The number of nitrogens with two attached hydrogens (primary N) is 1. The topological polar surface area (TPSA) is 150 Å². The number of ether oxygens (including phenoxy) is 1. The molecule has 3 heterocycles. The van der Waals surface area contributed by atoms with Gasteiger partial charge in [-0.2, -0.15) is 9.78 Å². The van der Waals surface area contributed by atoms with Gasteiger partial charge in [0.2, 0.25) is 16.0 Å². The molecular formula is C17H17N7O4S. The summed E-state index contributed by atoms with van der Waals surface area (Å²) >= 11 is 1.08. The van der Waals surface area contributed by atoms with Crippen molar-refractivity contribution in [1.29, 1.82) is 0 Å². The van der Waals surface area contributed by atoms with Gasteiger partial charge in [-0.05, 0) is 25.2 Å². The van der Waals surface area contributed by atoms with E-state index in [1.54, 1.807) is 6.07 Å². The Hall–Kier alpha value is -3.41. The maximum absolute atomic E-state index is 12.6. The Labute approximate surface area is 167 Å². The molecule has 3 saturated carbocycles. The number of methoxy groups -OCH3 is 1. The molecule has 0 aromatic carbocycles. The third-order valence-electron chi connectivity index (χ3n) is 5.26. The zero-order valence-electron chi connectivity index (χ0n) is 15.3. The molecule has 6 rings (SSSR count). The summed E-state index contributed by atoms with van der Waals surface area (Å²) in [7, 11) is 1.39. The summed E-state index contributed by atoms with van der Waals surface area (Å²) < 4.78 is 11.7. The van der Waals surface area contributed by atoms with E-state index in [9.17, 15) is 9.59 Å². The molecule has 0 aliphatic heterocycles. The van der Waals surface area contributed by atoms with Crippen molar-refractivity contribution in [2.45, 2.75) is 24.8 Å². The van der Waals surface area contributed by atoms with Crippen LogP contribution in [0.25, 0.3) is 5.13 Å². The molecule has 0 saturated heterocycles. The third kappa shape index (κ3) is 2.92. The number of rotatable bonds is 6. The highest BCUT2D eigenvalue weighted by atomic mass is 32.1. The van der Waals surface area contributed by atoms with Crippen molar-refractivity contribution >= 4 is 33.9 Å². The second kappa shape index (κ2) is 6.30. The average Bonchev–Trinajstić information content (AvgIpc) is 3.25. The van der Waals surface area contributed by atoms with E-state index in [4.69, 9.17) is 14.9 Å². The quantitative estimate of drug-likeness (QED) is 0.544. The molecule has 0 unspecified atom stereocenters. The summed E-state index contributed by atoms with van der Waals surface area (Å²) in [4.78, 5) is 24.9. The first-order valence-electron chi connectivity index (χ1n) is 8.91. The molecule has 3 aromatic heterocycles. The number of hydrogen-bond acceptors (Lipinski definition) is 10. The van der Waals surface area contributed by atoms with Crippen molar-refractivity contribution in [3.05, 3.63) is 34.5 Å². The van der Waals surface area contributed by atoms with Crippen LogP contribution in [0.4, 0.5) is 16.6 Å². The Bertz CT molecular complexity index is 1150. The number of aromatic nitrogens is 4. The zero-order valence-corrected chi connectivity index (χ0v) is 16.2. The van der Waals surface area contributed by atoms with Gasteiger partial charge >= 0.3 is 5.63 Å². The lowest BCUT2D eigenvalue weighted by Gasteiger charge is -2.62. The third-order valence-corrected chi connectivity index (χ3v) is 6.08. The molecule has 11 nitrogen and oxygen atoms in total. The number of nitrogen functional groups attached to an aromatic ring is 1. The molecule has 3 aliphatic carbocycles. The number of amides is 1. The number of anilines is 3. The van der Waals surface area contributed by atoms with E-state index in [0.29, 0.717) is 16.6 Å². The Kier molecular flexibility index (Phi) is 3.84. The molecule has 1 amide bonds. The number of hydrogen-bond donors (Lipinski definition) is 3. The van der Waals surface area contributed by atoms with E-state index in [-0.39, 0.29) is 22.2 Å². The van der Waals surface area contributed by atoms with Crippen LogP contribution in [0.2, 0.25) is 0 Å². The largest absolute Gasteiger partial charge is 0.488 e. The van der Waals surface area contributed by atoms with Crippen molar-refractivity contribution < 1.29 is 13.9 Å². The van der Waals surface area contributed by atoms with Gasteiger partial charge in [0.1, 0.15) is 5.82 Å². The van der Waals surface area contributed by atoms with Crippen LogP contribution in [0.15, 0.2) is 27.5 Å². The predicted molar refractivity (Wildman–Crippen MR) is 105 cm³/mol. The Morgan fingerprint density at radius 2 is 2.21 bits per heavy atom. The van der Waals surface area contributed by atoms with E-state index < -0.39 is 11.5 Å². The lowest BCUT2D eigenvalue weighted by atomic mass is 9.50. The van der Waals surface area contributed by atoms with Crippen LogP contribution in [-0.4, -0.2) is 38.5 Å². The Balaban J connectivity index is 1.38. The minimum atomic E-state index is -0.725. The number of carbonyl (C=O) groups excluding carboxylic acids is 1. The summed E-state index contributed by atoms with van der Waals surface area (Å²) in [5.74, 6) is 0.428.